The van der Waals surface area contributed by atoms with Crippen molar-refractivity contribution in [2.75, 3.05) is 26.5 Å². The van der Waals surface area contributed by atoms with Gasteiger partial charge in [-0.3, -0.25) is 0 Å². The first-order valence-corrected chi connectivity index (χ1v) is 10.8. The zero-order valence-electron chi connectivity index (χ0n) is 17.8. The number of ether oxygens (including phenoxy) is 2. The Hall–Kier alpha value is -2.68. The molecule has 0 aliphatic carbocycles. The predicted molar refractivity (Wildman–Crippen MR) is 122 cm³/mol. The Labute approximate surface area is 179 Å². The third-order valence-electron chi connectivity index (χ3n) is 5.16. The van der Waals surface area contributed by atoms with Crippen LogP contribution in [0.1, 0.15) is 30.2 Å². The molecule has 4 rings (SSSR count). The Balaban J connectivity index is 2.00. The van der Waals surface area contributed by atoms with E-state index in [-0.39, 0.29) is 0 Å². The summed E-state index contributed by atoms with van der Waals surface area (Å²) in [6.07, 6.45) is 2.56. The first kappa shape index (κ1) is 20.6. The predicted octanol–water partition coefficient (Wildman–Crippen LogP) is 4.16. The van der Waals surface area contributed by atoms with E-state index in [2.05, 4.69) is 47.4 Å². The van der Waals surface area contributed by atoms with E-state index in [1.807, 2.05) is 4.52 Å². The summed E-state index contributed by atoms with van der Waals surface area (Å²) < 4.78 is 14.2. The normalized spacial score (nSPS) is 11.6. The lowest BCUT2D eigenvalue weighted by atomic mass is 10.1. The fourth-order valence-corrected chi connectivity index (χ4v) is 5.10. The molecule has 0 spiro atoms. The topological polar surface area (TPSA) is 86.7 Å². The van der Waals surface area contributed by atoms with E-state index in [0.29, 0.717) is 19.0 Å². The van der Waals surface area contributed by atoms with Crippen molar-refractivity contribution in [3.05, 3.63) is 41.3 Å². The zero-order chi connectivity index (χ0) is 21.3. The Morgan fingerprint density at radius 3 is 2.80 bits per heavy atom. The van der Waals surface area contributed by atoms with E-state index in [1.165, 1.54) is 6.33 Å². The molecule has 0 atom stereocenters. The van der Waals surface area contributed by atoms with Crippen LogP contribution in [0.15, 0.2) is 24.5 Å². The van der Waals surface area contributed by atoms with Crippen LogP contribution in [0.2, 0.25) is 0 Å². The molecule has 30 heavy (non-hydrogen) atoms. The summed E-state index contributed by atoms with van der Waals surface area (Å²) in [5.74, 6) is 1.34. The van der Waals surface area contributed by atoms with Gasteiger partial charge in [-0.15, -0.1) is 11.3 Å². The van der Waals surface area contributed by atoms with Crippen LogP contribution in [0.25, 0.3) is 26.0 Å². The monoisotopic (exact) mass is 425 g/mol. The van der Waals surface area contributed by atoms with E-state index >= 15 is 0 Å². The van der Waals surface area contributed by atoms with Crippen molar-refractivity contribution >= 4 is 32.8 Å². The molecule has 7 nitrogen and oxygen atoms in total. The zero-order valence-corrected chi connectivity index (χ0v) is 18.6. The number of nitrogens with zero attached hydrogens (tertiary/aromatic N) is 3. The third-order valence-corrected chi connectivity index (χ3v) is 6.34. The fraction of sp³-hybridized carbons (Fsp3) is 0.364. The van der Waals surface area contributed by atoms with Gasteiger partial charge < -0.3 is 20.5 Å². The number of benzene rings is 1. The van der Waals surface area contributed by atoms with Crippen molar-refractivity contribution in [3.8, 4) is 16.2 Å². The first-order chi connectivity index (χ1) is 14.6. The molecular formula is C22H27N5O2S. The number of nitrogens with two attached hydrogens (primary N) is 1. The molecule has 158 valence electrons. The summed E-state index contributed by atoms with van der Waals surface area (Å²) in [7, 11) is 3.42. The number of thiophene rings is 1. The van der Waals surface area contributed by atoms with Crippen LogP contribution in [0, 0.1) is 6.92 Å². The number of hydrogen-bond acceptors (Lipinski definition) is 7. The number of fused-ring (bicyclic) bond motifs is 2. The van der Waals surface area contributed by atoms with E-state index in [9.17, 15) is 0 Å². The molecule has 0 fully saturated rings. The highest BCUT2D eigenvalue weighted by Crippen LogP contribution is 2.44. The van der Waals surface area contributed by atoms with Crippen molar-refractivity contribution in [1.29, 1.82) is 0 Å². The molecule has 0 radical (unpaired) electrons. The molecule has 0 saturated heterocycles. The second-order valence-corrected chi connectivity index (χ2v) is 8.36. The molecular weight excluding hydrogens is 398 g/mol. The summed E-state index contributed by atoms with van der Waals surface area (Å²) in [5.41, 5.74) is 11.5. The summed E-state index contributed by atoms with van der Waals surface area (Å²) in [6, 6.07) is 6.43. The maximum Gasteiger partial charge on any atom is 0.152 e. The van der Waals surface area contributed by atoms with Crippen LogP contribution in [0.3, 0.4) is 0 Å². The van der Waals surface area contributed by atoms with Crippen LogP contribution in [0.4, 0.5) is 5.82 Å². The number of aryl methyl sites for hydroxylation is 1. The van der Waals surface area contributed by atoms with Crippen molar-refractivity contribution in [1.82, 2.24) is 19.9 Å². The van der Waals surface area contributed by atoms with Gasteiger partial charge in [-0.25, -0.2) is 9.50 Å². The number of nitrogen functional groups attached to an aromatic ring is 1. The van der Waals surface area contributed by atoms with Crippen molar-refractivity contribution in [2.45, 2.75) is 33.4 Å². The molecule has 0 aliphatic heterocycles. The minimum atomic E-state index is 0.458. The van der Waals surface area contributed by atoms with E-state index in [4.69, 9.17) is 15.2 Å². The first-order valence-electron chi connectivity index (χ1n) is 10.00. The lowest BCUT2D eigenvalue weighted by Gasteiger charge is -2.07. The van der Waals surface area contributed by atoms with Crippen LogP contribution in [-0.4, -0.2) is 35.4 Å². The van der Waals surface area contributed by atoms with Gasteiger partial charge in [0.1, 0.15) is 17.6 Å². The van der Waals surface area contributed by atoms with Gasteiger partial charge in [-0.2, -0.15) is 5.10 Å². The Morgan fingerprint density at radius 2 is 2.07 bits per heavy atom. The van der Waals surface area contributed by atoms with Crippen molar-refractivity contribution in [3.63, 3.8) is 0 Å². The Morgan fingerprint density at radius 1 is 1.23 bits per heavy atom. The minimum absolute atomic E-state index is 0.458. The minimum Gasteiger partial charge on any atom is -0.495 e. The van der Waals surface area contributed by atoms with Gasteiger partial charge in [-0.05, 0) is 43.0 Å². The molecule has 0 bridgehead atoms. The number of aromatic nitrogens is 3. The van der Waals surface area contributed by atoms with Crippen LogP contribution in [0.5, 0.6) is 5.75 Å². The number of methoxy groups -OCH3 is 2. The summed E-state index contributed by atoms with van der Waals surface area (Å²) >= 11 is 1.69. The Bertz CT molecular complexity index is 1200. The SMILES string of the molecule is CCCNCc1c(COC)c(-c2cc3cc(C)cc(OC)c3s2)c2c(N)ncnn12. The molecule has 0 aliphatic rings. The average Bonchev–Trinajstić information content (AvgIpc) is 3.28. The second-order valence-electron chi connectivity index (χ2n) is 7.31. The lowest BCUT2D eigenvalue weighted by molar-refractivity contribution is 0.184. The van der Waals surface area contributed by atoms with Crippen molar-refractivity contribution < 1.29 is 9.47 Å². The second kappa shape index (κ2) is 8.59. The lowest BCUT2D eigenvalue weighted by Crippen LogP contribution is -2.17. The summed E-state index contributed by atoms with van der Waals surface area (Å²) in [6.45, 7) is 6.29. The molecule has 0 unspecified atom stereocenters. The summed E-state index contributed by atoms with van der Waals surface area (Å²) in [5, 5.41) is 9.15. The molecule has 0 saturated carbocycles. The highest BCUT2D eigenvalue weighted by atomic mass is 32.1. The molecule has 4 aromatic rings. The molecule has 0 amide bonds. The molecule has 8 heteroatoms. The largest absolute Gasteiger partial charge is 0.495 e. The highest BCUT2D eigenvalue weighted by Gasteiger charge is 2.24. The van der Waals surface area contributed by atoms with Crippen molar-refractivity contribution in [2.24, 2.45) is 0 Å². The van der Waals surface area contributed by atoms with Gasteiger partial charge in [0.25, 0.3) is 0 Å². The smallest absolute Gasteiger partial charge is 0.152 e. The maximum absolute atomic E-state index is 6.35. The van der Waals surface area contributed by atoms with Gasteiger partial charge in [0.15, 0.2) is 5.82 Å². The average molecular weight is 426 g/mol. The number of hydrogen-bond donors (Lipinski definition) is 2. The van der Waals surface area contributed by atoms with Gasteiger partial charge in [-0.1, -0.05) is 13.0 Å². The molecule has 3 N–H and O–H groups in total. The number of nitrogens with one attached hydrogen (secondary N) is 1. The standard InChI is InChI=1S/C22H27N5O2S/c1-5-6-24-10-16-15(11-28-3)19(20-22(23)25-12-26-27(16)20)18-9-14-7-13(2)8-17(29-4)21(14)30-18/h7-9,12,24H,5-6,10-11H2,1-4H3,(H2,23,25,26). The third kappa shape index (κ3) is 3.51. The quantitative estimate of drug-likeness (QED) is 0.412. The Kier molecular flexibility index (Phi) is 5.90. The van der Waals surface area contributed by atoms with Gasteiger partial charge in [0.05, 0.1) is 24.1 Å². The molecule has 1 aromatic carbocycles. The number of rotatable bonds is 8. The van der Waals surface area contributed by atoms with Crippen LogP contribution >= 0.6 is 11.3 Å². The number of anilines is 1. The van der Waals surface area contributed by atoms with Gasteiger partial charge >= 0.3 is 0 Å². The van der Waals surface area contributed by atoms with Crippen LogP contribution in [-0.2, 0) is 17.9 Å². The van der Waals surface area contributed by atoms with Crippen LogP contribution < -0.4 is 15.8 Å². The molecule has 3 heterocycles. The summed E-state index contributed by atoms with van der Waals surface area (Å²) in [4.78, 5) is 5.37. The fourth-order valence-electron chi connectivity index (χ4n) is 3.89. The highest BCUT2D eigenvalue weighted by molar-refractivity contribution is 7.22. The van der Waals surface area contributed by atoms with E-state index < -0.39 is 0 Å². The maximum atomic E-state index is 6.35. The van der Waals surface area contributed by atoms with E-state index in [1.54, 1.807) is 25.6 Å². The van der Waals surface area contributed by atoms with Gasteiger partial charge in [0.2, 0.25) is 0 Å². The van der Waals surface area contributed by atoms with E-state index in [0.717, 1.165) is 61.6 Å². The molecule has 3 aromatic heterocycles. The van der Waals surface area contributed by atoms with Gasteiger partial charge in [0, 0.05) is 29.7 Å².